The quantitative estimate of drug-likeness (QED) is 0.334. The summed E-state index contributed by atoms with van der Waals surface area (Å²) in [5.74, 6) is -6.66. The van der Waals surface area contributed by atoms with Crippen molar-refractivity contribution in [2.45, 2.75) is 24.2 Å². The van der Waals surface area contributed by atoms with Crippen LogP contribution in [-0.2, 0) is 6.42 Å². The van der Waals surface area contributed by atoms with Crippen LogP contribution in [0.5, 0.6) is 0 Å². The lowest BCUT2D eigenvalue weighted by Crippen LogP contribution is -2.07. The molecule has 0 radical (unpaired) electrons. The van der Waals surface area contributed by atoms with Gasteiger partial charge < -0.3 is 4.72 Å². The van der Waals surface area contributed by atoms with Crippen molar-refractivity contribution in [3.63, 3.8) is 0 Å². The first kappa shape index (κ1) is 16.1. The number of rotatable bonds is 5. The molecule has 0 bridgehead atoms. The number of hydrogen-bond donors (Lipinski definition) is 1. The Morgan fingerprint density at radius 3 is 2.09 bits per heavy atom. The molecule has 0 spiro atoms. The van der Waals surface area contributed by atoms with Gasteiger partial charge in [0, 0.05) is 11.3 Å². The first-order valence-electron chi connectivity index (χ1n) is 7.00. The molecular weight excluding hydrogens is 333 g/mol. The van der Waals surface area contributed by atoms with Crippen molar-refractivity contribution in [2.75, 3.05) is 4.72 Å². The molecule has 0 amide bonds. The third-order valence-corrected chi connectivity index (χ3v) is 4.59. The van der Waals surface area contributed by atoms with E-state index in [1.807, 2.05) is 0 Å². The van der Waals surface area contributed by atoms with Gasteiger partial charge in [-0.05, 0) is 61.4 Å². The third-order valence-electron chi connectivity index (χ3n) is 3.62. The maximum atomic E-state index is 14.0. The summed E-state index contributed by atoms with van der Waals surface area (Å²) in [6.07, 6.45) is 1.87. The van der Waals surface area contributed by atoms with Crippen LogP contribution in [0.1, 0.15) is 18.4 Å². The average molecular weight is 345 g/mol. The largest absolute Gasteiger partial charge is 0.326 e. The van der Waals surface area contributed by atoms with Crippen LogP contribution in [0.25, 0.3) is 0 Å². The van der Waals surface area contributed by atoms with E-state index in [0.717, 1.165) is 12.8 Å². The molecule has 3 rings (SSSR count). The van der Waals surface area contributed by atoms with Gasteiger partial charge in [0.1, 0.15) is 5.82 Å². The molecule has 1 saturated carbocycles. The number of benzene rings is 2. The molecule has 0 aliphatic heterocycles. The van der Waals surface area contributed by atoms with E-state index < -0.39 is 29.1 Å². The molecule has 0 saturated heterocycles. The van der Waals surface area contributed by atoms with Gasteiger partial charge in [0.2, 0.25) is 0 Å². The summed E-state index contributed by atoms with van der Waals surface area (Å²) in [4.78, 5) is -0.308. The molecule has 1 fully saturated rings. The Kier molecular flexibility index (Phi) is 4.48. The second-order valence-corrected chi connectivity index (χ2v) is 6.24. The van der Waals surface area contributed by atoms with E-state index in [1.165, 1.54) is 24.3 Å². The number of nitrogens with one attached hydrogen (secondary N) is 1. The van der Waals surface area contributed by atoms with Gasteiger partial charge in [-0.2, -0.15) is 0 Å². The van der Waals surface area contributed by atoms with Gasteiger partial charge in [-0.15, -0.1) is 0 Å². The van der Waals surface area contributed by atoms with Crippen molar-refractivity contribution >= 4 is 17.6 Å². The minimum Gasteiger partial charge on any atom is -0.326 e. The summed E-state index contributed by atoms with van der Waals surface area (Å²) < 4.78 is 70.5. The fraction of sp³-hybridized carbons (Fsp3) is 0.250. The summed E-state index contributed by atoms with van der Waals surface area (Å²) in [5, 5.41) is 0. The van der Waals surface area contributed by atoms with E-state index in [1.54, 1.807) is 0 Å². The van der Waals surface area contributed by atoms with Crippen molar-refractivity contribution in [3.05, 3.63) is 58.9 Å². The Labute approximate surface area is 134 Å². The van der Waals surface area contributed by atoms with E-state index >= 15 is 0 Å². The molecule has 0 aromatic heterocycles. The molecule has 1 N–H and O–H groups in total. The Morgan fingerprint density at radius 2 is 1.48 bits per heavy atom. The highest BCUT2D eigenvalue weighted by atomic mass is 32.2. The molecule has 1 aliphatic rings. The molecule has 0 atom stereocenters. The standard InChI is InChI=1S/C16H12F5NS/c17-9-3-5-10(6-4-9)22-23-16-11(7-8-1-2-8)12(18)13(19)14(20)15(16)21/h3-6,8,22H,1-2,7H2. The third kappa shape index (κ3) is 3.44. The van der Waals surface area contributed by atoms with Gasteiger partial charge in [0.05, 0.1) is 4.90 Å². The van der Waals surface area contributed by atoms with Crippen LogP contribution in [0.4, 0.5) is 27.6 Å². The van der Waals surface area contributed by atoms with E-state index in [9.17, 15) is 22.0 Å². The molecule has 2 aromatic carbocycles. The Balaban J connectivity index is 1.90. The zero-order chi connectivity index (χ0) is 16.6. The van der Waals surface area contributed by atoms with Gasteiger partial charge in [-0.25, -0.2) is 22.0 Å². The molecule has 1 aliphatic carbocycles. The summed E-state index contributed by atoms with van der Waals surface area (Å²) in [6, 6.07) is 5.18. The van der Waals surface area contributed by atoms with E-state index in [4.69, 9.17) is 0 Å². The fourth-order valence-corrected chi connectivity index (χ4v) is 3.02. The Hall–Kier alpha value is -1.76. The van der Waals surface area contributed by atoms with Gasteiger partial charge in [0.15, 0.2) is 23.3 Å². The van der Waals surface area contributed by atoms with E-state index in [0.29, 0.717) is 17.6 Å². The zero-order valence-electron chi connectivity index (χ0n) is 11.8. The van der Waals surface area contributed by atoms with Crippen LogP contribution in [0, 0.1) is 35.0 Å². The number of anilines is 1. The molecular formula is C16H12F5NS. The van der Waals surface area contributed by atoms with Crippen LogP contribution in [-0.4, -0.2) is 0 Å². The zero-order valence-corrected chi connectivity index (χ0v) is 12.6. The molecule has 7 heteroatoms. The summed E-state index contributed by atoms with van der Waals surface area (Å²) in [5.41, 5.74) is 0.266. The minimum atomic E-state index is -1.83. The minimum absolute atomic E-state index is 0.160. The molecule has 0 unspecified atom stereocenters. The summed E-state index contributed by atoms with van der Waals surface area (Å²) in [7, 11) is 0. The van der Waals surface area contributed by atoms with Gasteiger partial charge >= 0.3 is 0 Å². The van der Waals surface area contributed by atoms with Gasteiger partial charge in [-0.3, -0.25) is 0 Å². The van der Waals surface area contributed by atoms with Crippen molar-refractivity contribution in [1.29, 1.82) is 0 Å². The fourth-order valence-electron chi connectivity index (χ4n) is 2.18. The second kappa shape index (κ2) is 6.39. The first-order chi connectivity index (χ1) is 11.0. The molecule has 2 aromatic rings. The van der Waals surface area contributed by atoms with Crippen molar-refractivity contribution < 1.29 is 22.0 Å². The molecule has 0 heterocycles. The van der Waals surface area contributed by atoms with Crippen LogP contribution >= 0.6 is 11.9 Å². The maximum Gasteiger partial charge on any atom is 0.198 e. The van der Waals surface area contributed by atoms with Crippen molar-refractivity contribution in [2.24, 2.45) is 5.92 Å². The highest BCUT2D eigenvalue weighted by molar-refractivity contribution is 8.00. The Morgan fingerprint density at radius 1 is 0.870 bits per heavy atom. The summed E-state index contributed by atoms with van der Waals surface area (Å²) in [6.45, 7) is 0. The SMILES string of the molecule is Fc1ccc(NSc2c(F)c(F)c(F)c(F)c2CC2CC2)cc1. The predicted octanol–water partition coefficient (Wildman–Crippen LogP) is 5.45. The number of halogens is 5. The van der Waals surface area contributed by atoms with Crippen LogP contribution in [0.2, 0.25) is 0 Å². The van der Waals surface area contributed by atoms with Crippen LogP contribution < -0.4 is 4.72 Å². The predicted molar refractivity (Wildman–Crippen MR) is 78.6 cm³/mol. The Bertz CT molecular complexity index is 728. The first-order valence-corrected chi connectivity index (χ1v) is 7.82. The lowest BCUT2D eigenvalue weighted by Gasteiger charge is -2.14. The normalized spacial score (nSPS) is 14.1. The van der Waals surface area contributed by atoms with E-state index in [-0.39, 0.29) is 22.8 Å². The molecule has 1 nitrogen and oxygen atoms in total. The highest BCUT2D eigenvalue weighted by Gasteiger charge is 2.30. The number of hydrogen-bond acceptors (Lipinski definition) is 2. The highest BCUT2D eigenvalue weighted by Crippen LogP contribution is 2.39. The van der Waals surface area contributed by atoms with Crippen LogP contribution in [0.15, 0.2) is 29.2 Å². The van der Waals surface area contributed by atoms with Crippen molar-refractivity contribution in [1.82, 2.24) is 0 Å². The van der Waals surface area contributed by atoms with E-state index in [2.05, 4.69) is 4.72 Å². The van der Waals surface area contributed by atoms with Crippen LogP contribution in [0.3, 0.4) is 0 Å². The van der Waals surface area contributed by atoms with Crippen molar-refractivity contribution in [3.8, 4) is 0 Å². The van der Waals surface area contributed by atoms with Gasteiger partial charge in [0.25, 0.3) is 0 Å². The monoisotopic (exact) mass is 345 g/mol. The molecule has 122 valence electrons. The lowest BCUT2D eigenvalue weighted by atomic mass is 10.1. The smallest absolute Gasteiger partial charge is 0.198 e. The second-order valence-electron chi connectivity index (χ2n) is 5.42. The van der Waals surface area contributed by atoms with Gasteiger partial charge in [-0.1, -0.05) is 0 Å². The maximum absolute atomic E-state index is 14.0. The topological polar surface area (TPSA) is 12.0 Å². The lowest BCUT2D eigenvalue weighted by molar-refractivity contribution is 0.390. The molecule has 23 heavy (non-hydrogen) atoms. The summed E-state index contributed by atoms with van der Waals surface area (Å²) >= 11 is 0.645. The average Bonchev–Trinajstić information content (AvgIpc) is 3.36.